The number of hydrogen-bond acceptors (Lipinski definition) is 15. The zero-order valence-electron chi connectivity index (χ0n) is 22.6. The third-order valence-electron chi connectivity index (χ3n) is 7.40. The lowest BCUT2D eigenvalue weighted by Crippen LogP contribution is -2.37. The first kappa shape index (κ1) is 29.9. The van der Waals surface area contributed by atoms with Gasteiger partial charge in [-0.3, -0.25) is 22.7 Å². The highest BCUT2D eigenvalue weighted by Crippen LogP contribution is 2.58. The lowest BCUT2D eigenvalue weighted by molar-refractivity contribution is -0.0546. The van der Waals surface area contributed by atoms with Gasteiger partial charge in [0.05, 0.1) is 31.6 Å². The molecule has 10 atom stereocenters. The summed E-state index contributed by atoms with van der Waals surface area (Å²) in [6, 6.07) is 1.53. The maximum absolute atomic E-state index is 16.0. The molecule has 0 saturated carbocycles. The highest BCUT2D eigenvalue weighted by molar-refractivity contribution is 8.44. The van der Waals surface area contributed by atoms with Crippen LogP contribution in [0.3, 0.4) is 0 Å². The molecule has 44 heavy (non-hydrogen) atoms. The number of ether oxygens (including phenoxy) is 2. The van der Waals surface area contributed by atoms with Gasteiger partial charge in [0.15, 0.2) is 41.9 Å². The van der Waals surface area contributed by atoms with Crippen molar-refractivity contribution in [3.63, 3.8) is 0 Å². The van der Waals surface area contributed by atoms with Crippen LogP contribution in [0.15, 0.2) is 31.2 Å². The number of nitrogens with two attached hydrogens (primary N) is 2. The minimum atomic E-state index is -4.36. The Kier molecular flexibility index (Phi) is 7.46. The zero-order chi connectivity index (χ0) is 31.0. The van der Waals surface area contributed by atoms with Crippen LogP contribution < -0.4 is 11.5 Å². The van der Waals surface area contributed by atoms with Crippen LogP contribution in [0, 0.1) is 0 Å². The van der Waals surface area contributed by atoms with Crippen LogP contribution >= 0.6 is 26.5 Å². The van der Waals surface area contributed by atoms with E-state index < -0.39 is 76.7 Å². The zero-order valence-corrected chi connectivity index (χ0v) is 25.3. The first-order valence-corrected chi connectivity index (χ1v) is 17.8. The van der Waals surface area contributed by atoms with Gasteiger partial charge in [-0.2, -0.15) is 0 Å². The summed E-state index contributed by atoms with van der Waals surface area (Å²) < 4.78 is 95.2. The third kappa shape index (κ3) is 5.19. The van der Waals surface area contributed by atoms with Crippen LogP contribution in [0.4, 0.5) is 20.3 Å². The van der Waals surface area contributed by atoms with Gasteiger partial charge in [0, 0.05) is 6.20 Å². The fraction of sp³-hybridized carbons (Fsp3) is 0.476. The van der Waals surface area contributed by atoms with Crippen molar-refractivity contribution in [1.29, 1.82) is 0 Å². The standard InChI is InChI=1S/C21H24BF2N9O8P2S/c22-42(34)36-3-9-16(12(24)21(38-9)33-7-31-14-17(26)28-5-29-19(14)33)41-43(35,44)37-4-10-15(40-42)11(23)20(39-10)32-6-30-13-8(25)1-2-27-18(13)32/h1-2,5-7,9-12,15-16,20-21H,3-4,22H2,(H2,25,27)(H,35,44)(H2,26,28,29)/t9-,10?,11-,12-,15-,16-,20-,21-,42+,43-/m1/s1. The Labute approximate surface area is 252 Å². The molecule has 0 aromatic carbocycles. The molecule has 4 aromatic heterocycles. The van der Waals surface area contributed by atoms with E-state index in [0.29, 0.717) is 11.2 Å². The van der Waals surface area contributed by atoms with Crippen molar-refractivity contribution >= 4 is 67.9 Å². The Morgan fingerprint density at radius 2 is 1.45 bits per heavy atom. The molecule has 0 spiro atoms. The number of anilines is 2. The number of fused-ring (bicyclic) bond motifs is 4. The average Bonchev–Trinajstić information content (AvgIpc) is 3.73. The minimum absolute atomic E-state index is 0.0633. The van der Waals surface area contributed by atoms with E-state index in [1.54, 1.807) is 0 Å². The molecule has 0 radical (unpaired) electrons. The molecule has 7 rings (SSSR count). The smallest absolute Gasteiger partial charge is 0.386 e. The van der Waals surface area contributed by atoms with Crippen molar-refractivity contribution in [1.82, 2.24) is 34.1 Å². The summed E-state index contributed by atoms with van der Waals surface area (Å²) in [5.74, 6) is 0.0633. The normalized spacial score (nSPS) is 38.2. The van der Waals surface area contributed by atoms with E-state index in [2.05, 4.69) is 37.2 Å². The molecule has 0 bridgehead atoms. The quantitative estimate of drug-likeness (QED) is 0.156. The SMILES string of the molecule is B[P@]1(=O)OC[C@H]2O[C@@H](n3cnc4c(N)ncnc43)[C@H](F)[C@@H]2O[P@](=O)(S)OCC2O[C@@H](n3cnc4c(N)ccnc43)[C@H](F)[C@@H]2O1. The maximum atomic E-state index is 16.0. The van der Waals surface area contributed by atoms with E-state index in [0.717, 1.165) is 7.57 Å². The van der Waals surface area contributed by atoms with Crippen molar-refractivity contribution in [2.75, 3.05) is 24.7 Å². The number of halogens is 2. The monoisotopic (exact) mass is 673 g/mol. The number of hydrogen-bond donors (Lipinski definition) is 3. The predicted octanol–water partition coefficient (Wildman–Crippen LogP) is 1.50. The van der Waals surface area contributed by atoms with Crippen molar-refractivity contribution in [3.8, 4) is 0 Å². The van der Waals surface area contributed by atoms with Crippen molar-refractivity contribution in [2.45, 2.75) is 49.2 Å². The Bertz CT molecular complexity index is 1710. The number of aromatic nitrogens is 7. The molecule has 234 valence electrons. The van der Waals surface area contributed by atoms with Crippen LogP contribution in [-0.4, -0.2) is 91.6 Å². The molecule has 1 unspecified atom stereocenters. The van der Waals surface area contributed by atoms with Crippen molar-refractivity contribution in [2.24, 2.45) is 0 Å². The highest BCUT2D eigenvalue weighted by atomic mass is 32.7. The van der Waals surface area contributed by atoms with E-state index in [1.165, 1.54) is 40.4 Å². The summed E-state index contributed by atoms with van der Waals surface area (Å²) in [4.78, 5) is 20.4. The Balaban J connectivity index is 1.17. The fourth-order valence-corrected chi connectivity index (χ4v) is 8.02. The summed E-state index contributed by atoms with van der Waals surface area (Å²) in [6.45, 7) is -5.53. The predicted molar refractivity (Wildman–Crippen MR) is 154 cm³/mol. The van der Waals surface area contributed by atoms with Gasteiger partial charge in [-0.15, -0.1) is 0 Å². The Morgan fingerprint density at radius 1 is 0.864 bits per heavy atom. The van der Waals surface area contributed by atoms with Crippen LogP contribution in [0.2, 0.25) is 0 Å². The van der Waals surface area contributed by atoms with E-state index in [1.807, 2.05) is 0 Å². The first-order chi connectivity index (χ1) is 20.9. The molecule has 7 heterocycles. The van der Waals surface area contributed by atoms with Crippen LogP contribution in [0.25, 0.3) is 22.3 Å². The van der Waals surface area contributed by atoms with E-state index >= 15 is 8.78 Å². The molecular formula is C21H24BF2N9O8P2S. The molecule has 3 saturated heterocycles. The van der Waals surface area contributed by atoms with Crippen molar-refractivity contribution < 1.29 is 45.5 Å². The third-order valence-corrected chi connectivity index (χ3v) is 10.3. The molecule has 3 fully saturated rings. The second-order valence-electron chi connectivity index (χ2n) is 10.3. The Hall–Kier alpha value is -2.74. The second-order valence-corrected chi connectivity index (χ2v) is 15.2. The van der Waals surface area contributed by atoms with Gasteiger partial charge in [0.1, 0.15) is 41.8 Å². The van der Waals surface area contributed by atoms with Gasteiger partial charge in [-0.1, -0.05) is 12.2 Å². The molecule has 17 nitrogen and oxygen atoms in total. The Morgan fingerprint density at radius 3 is 2.14 bits per heavy atom. The van der Waals surface area contributed by atoms with Gasteiger partial charge in [0.2, 0.25) is 0 Å². The van der Waals surface area contributed by atoms with Crippen LogP contribution in [-0.2, 0) is 36.7 Å². The van der Waals surface area contributed by atoms with Gasteiger partial charge in [-0.05, 0) is 6.07 Å². The number of pyridine rings is 1. The van der Waals surface area contributed by atoms with E-state index in [-0.39, 0.29) is 22.6 Å². The summed E-state index contributed by atoms with van der Waals surface area (Å²) in [6.07, 6.45) is -7.32. The topological polar surface area (TPSA) is 216 Å². The average molecular weight is 673 g/mol. The first-order valence-electron chi connectivity index (χ1n) is 13.1. The van der Waals surface area contributed by atoms with Gasteiger partial charge in [0.25, 0.3) is 15.0 Å². The number of thiol groups is 1. The molecule has 3 aliphatic heterocycles. The second kappa shape index (κ2) is 11.0. The molecule has 4 aromatic rings. The number of rotatable bonds is 2. The summed E-state index contributed by atoms with van der Waals surface area (Å²) in [5.41, 5.74) is 13.0. The largest absolute Gasteiger partial charge is 0.397 e. The van der Waals surface area contributed by atoms with Gasteiger partial charge in [-0.25, -0.2) is 38.3 Å². The maximum Gasteiger partial charge on any atom is 0.386 e. The lowest BCUT2D eigenvalue weighted by Gasteiger charge is -2.29. The molecule has 0 amide bonds. The molecule has 0 aliphatic carbocycles. The summed E-state index contributed by atoms with van der Waals surface area (Å²) in [7, 11) is -2.95. The summed E-state index contributed by atoms with van der Waals surface area (Å²) >= 11 is 4.01. The lowest BCUT2D eigenvalue weighted by atomic mass is 10.1. The van der Waals surface area contributed by atoms with Crippen molar-refractivity contribution in [3.05, 3.63) is 31.2 Å². The van der Waals surface area contributed by atoms with Crippen LogP contribution in [0.1, 0.15) is 12.5 Å². The minimum Gasteiger partial charge on any atom is -0.397 e. The van der Waals surface area contributed by atoms with E-state index in [4.69, 9.17) is 39.0 Å². The van der Waals surface area contributed by atoms with Gasteiger partial charge >= 0.3 is 6.80 Å². The number of nitrogen functional groups attached to an aromatic ring is 2. The number of alkyl halides is 2. The molecular weight excluding hydrogens is 649 g/mol. The highest BCUT2D eigenvalue weighted by Gasteiger charge is 2.54. The number of nitrogens with zero attached hydrogens (tertiary/aromatic N) is 7. The molecule has 23 heteroatoms. The molecule has 4 N–H and O–H groups in total. The summed E-state index contributed by atoms with van der Waals surface area (Å²) in [5, 5.41) is 0. The van der Waals surface area contributed by atoms with Gasteiger partial charge < -0.3 is 30.0 Å². The molecule has 3 aliphatic rings. The number of imidazole rings is 2. The fourth-order valence-electron chi connectivity index (χ4n) is 5.36. The van der Waals surface area contributed by atoms with E-state index in [9.17, 15) is 9.13 Å². The van der Waals surface area contributed by atoms with Crippen LogP contribution in [0.5, 0.6) is 0 Å².